The first-order valence-electron chi connectivity index (χ1n) is 11.1. The highest BCUT2D eigenvalue weighted by Crippen LogP contribution is 2.65. The van der Waals surface area contributed by atoms with Crippen molar-refractivity contribution in [3.8, 4) is 0 Å². The van der Waals surface area contributed by atoms with Crippen molar-refractivity contribution in [2.24, 2.45) is 40.9 Å². The number of alkyl halides is 1. The molecule has 0 amide bonds. The van der Waals surface area contributed by atoms with Gasteiger partial charge in [-0.1, -0.05) is 6.92 Å². The largest absolute Gasteiger partial charge is 0.393 e. The van der Waals surface area contributed by atoms with Crippen LogP contribution in [-0.2, 0) is 9.47 Å². The van der Waals surface area contributed by atoms with Gasteiger partial charge in [-0.3, -0.25) is 4.39 Å². The van der Waals surface area contributed by atoms with Gasteiger partial charge in [0.15, 0.2) is 5.79 Å². The average molecular weight is 367 g/mol. The summed E-state index contributed by atoms with van der Waals surface area (Å²) in [6, 6.07) is 0. The summed E-state index contributed by atoms with van der Waals surface area (Å²) in [4.78, 5) is 0. The molecule has 1 spiro atoms. The Morgan fingerprint density at radius 3 is 2.58 bits per heavy atom. The van der Waals surface area contributed by atoms with Crippen molar-refractivity contribution in [3.05, 3.63) is 0 Å². The number of hydrogen-bond donors (Lipinski definition) is 1. The average Bonchev–Trinajstić information content (AvgIpc) is 3.19. The molecule has 4 saturated carbocycles. The van der Waals surface area contributed by atoms with Crippen LogP contribution >= 0.6 is 0 Å². The lowest BCUT2D eigenvalue weighted by molar-refractivity contribution is -0.215. The summed E-state index contributed by atoms with van der Waals surface area (Å²) < 4.78 is 25.5. The summed E-state index contributed by atoms with van der Waals surface area (Å²) in [6.45, 7) is 3.58. The number of halogens is 1. The fraction of sp³-hybridized carbons (Fsp3) is 1.00. The van der Waals surface area contributed by atoms with Gasteiger partial charge in [0.05, 0.1) is 26.0 Å². The van der Waals surface area contributed by atoms with Crippen molar-refractivity contribution >= 4 is 0 Å². The van der Waals surface area contributed by atoms with Crippen molar-refractivity contribution in [1.82, 2.24) is 0 Å². The van der Waals surface area contributed by atoms with Gasteiger partial charge in [-0.25, -0.2) is 0 Å². The van der Waals surface area contributed by atoms with Gasteiger partial charge in [-0.2, -0.15) is 0 Å². The molecule has 26 heavy (non-hydrogen) atoms. The molecule has 1 heterocycles. The zero-order valence-electron chi connectivity index (χ0n) is 16.2. The van der Waals surface area contributed by atoms with E-state index in [9.17, 15) is 9.50 Å². The Bertz CT molecular complexity index is 533. The maximum atomic E-state index is 13.5. The second-order valence-corrected chi connectivity index (χ2v) is 10.2. The molecule has 1 saturated heterocycles. The van der Waals surface area contributed by atoms with Gasteiger partial charge < -0.3 is 14.6 Å². The Balaban J connectivity index is 1.42. The molecule has 5 rings (SSSR count). The maximum absolute atomic E-state index is 13.5. The van der Waals surface area contributed by atoms with Gasteiger partial charge in [-0.05, 0) is 85.9 Å². The Kier molecular flexibility index (Phi) is 4.41. The second-order valence-electron chi connectivity index (χ2n) is 10.2. The van der Waals surface area contributed by atoms with Crippen molar-refractivity contribution in [2.75, 3.05) is 19.9 Å². The Morgan fingerprint density at radius 2 is 1.81 bits per heavy atom. The van der Waals surface area contributed by atoms with E-state index in [0.29, 0.717) is 41.9 Å². The highest BCUT2D eigenvalue weighted by atomic mass is 19.1. The maximum Gasteiger partial charge on any atom is 0.168 e. The molecule has 0 aromatic carbocycles. The van der Waals surface area contributed by atoms with Crippen LogP contribution in [0.2, 0.25) is 0 Å². The van der Waals surface area contributed by atoms with E-state index >= 15 is 0 Å². The first-order chi connectivity index (χ1) is 12.6. The topological polar surface area (TPSA) is 38.7 Å². The van der Waals surface area contributed by atoms with E-state index in [0.717, 1.165) is 38.9 Å². The van der Waals surface area contributed by atoms with Crippen LogP contribution in [0, 0.1) is 40.9 Å². The van der Waals surface area contributed by atoms with E-state index in [-0.39, 0.29) is 24.0 Å². The minimum atomic E-state index is -0.295. The molecule has 3 nitrogen and oxygen atoms in total. The molecule has 0 bridgehead atoms. The van der Waals surface area contributed by atoms with E-state index in [1.807, 2.05) is 0 Å². The lowest BCUT2D eigenvalue weighted by Gasteiger charge is -2.59. The van der Waals surface area contributed by atoms with E-state index in [1.165, 1.54) is 25.7 Å². The molecule has 4 heteroatoms. The number of rotatable bonds is 2. The zero-order valence-corrected chi connectivity index (χ0v) is 16.2. The van der Waals surface area contributed by atoms with E-state index in [4.69, 9.17) is 9.47 Å². The zero-order chi connectivity index (χ0) is 17.9. The van der Waals surface area contributed by atoms with Crippen LogP contribution in [0.1, 0.15) is 64.7 Å². The molecular formula is C22H35FO3. The molecule has 4 aliphatic carbocycles. The fourth-order valence-electron chi connectivity index (χ4n) is 8.31. The SMILES string of the molecule is C[C@]12C[C@H](CCF)C3C(CC[C@H]4CC5(CCC34)OCCO5)C1CC[C@@H]2O. The monoisotopic (exact) mass is 366 g/mol. The molecular weight excluding hydrogens is 331 g/mol. The minimum absolute atomic E-state index is 0.0292. The first kappa shape index (κ1) is 17.9. The van der Waals surface area contributed by atoms with Crippen LogP contribution in [0.25, 0.3) is 0 Å². The predicted octanol–water partition coefficient (Wildman–Crippen LogP) is 4.33. The molecule has 5 fully saturated rings. The fourth-order valence-corrected chi connectivity index (χ4v) is 8.31. The number of fused-ring (bicyclic) bond motifs is 5. The van der Waals surface area contributed by atoms with Crippen molar-refractivity contribution in [2.45, 2.75) is 76.6 Å². The highest BCUT2D eigenvalue weighted by Gasteiger charge is 2.60. The summed E-state index contributed by atoms with van der Waals surface area (Å²) in [7, 11) is 0. The lowest BCUT2D eigenvalue weighted by Crippen LogP contribution is -2.55. The molecule has 5 aliphatic rings. The molecule has 148 valence electrons. The van der Waals surface area contributed by atoms with Crippen LogP contribution in [-0.4, -0.2) is 36.9 Å². The van der Waals surface area contributed by atoms with Gasteiger partial charge in [-0.15, -0.1) is 0 Å². The Morgan fingerprint density at radius 1 is 1.00 bits per heavy atom. The van der Waals surface area contributed by atoms with E-state index in [1.54, 1.807) is 0 Å². The number of aliphatic hydroxyl groups is 1. The van der Waals surface area contributed by atoms with Gasteiger partial charge >= 0.3 is 0 Å². The van der Waals surface area contributed by atoms with Crippen molar-refractivity contribution in [3.63, 3.8) is 0 Å². The number of aliphatic hydroxyl groups excluding tert-OH is 1. The third-order valence-corrected chi connectivity index (χ3v) is 9.31. The summed E-state index contributed by atoms with van der Waals surface area (Å²) in [5.41, 5.74) is 0.0292. The van der Waals surface area contributed by atoms with Crippen LogP contribution < -0.4 is 0 Å². The smallest absolute Gasteiger partial charge is 0.168 e. The lowest BCUT2D eigenvalue weighted by atomic mass is 9.47. The van der Waals surface area contributed by atoms with Crippen molar-refractivity contribution in [1.29, 1.82) is 0 Å². The first-order valence-corrected chi connectivity index (χ1v) is 11.1. The number of hydrogen-bond acceptors (Lipinski definition) is 3. The van der Waals surface area contributed by atoms with E-state index in [2.05, 4.69) is 6.92 Å². The second kappa shape index (κ2) is 6.42. The summed E-state index contributed by atoms with van der Waals surface area (Å²) in [6.07, 6.45) is 9.45. The number of ether oxygens (including phenoxy) is 2. The van der Waals surface area contributed by atoms with Gasteiger partial charge in [0.25, 0.3) is 0 Å². The standard InChI is InChI=1S/C22H35FO3/c1-21-12-15(7-9-23)20-16-6-8-22(25-10-11-26-22)13-14(16)2-3-17(20)18(21)4-5-19(21)24/h14-20,24H,2-13H2,1H3/t14-,15-,16?,17?,18?,19-,20?,21-/m0/s1. The van der Waals surface area contributed by atoms with Gasteiger partial charge in [0, 0.05) is 12.8 Å². The summed E-state index contributed by atoms with van der Waals surface area (Å²) >= 11 is 0. The predicted molar refractivity (Wildman–Crippen MR) is 97.2 cm³/mol. The van der Waals surface area contributed by atoms with Crippen molar-refractivity contribution < 1.29 is 19.0 Å². The molecule has 0 radical (unpaired) electrons. The molecule has 0 aromatic heterocycles. The normalized spacial score (nSPS) is 52.5. The molecule has 4 unspecified atom stereocenters. The Hall–Kier alpha value is -0.190. The van der Waals surface area contributed by atoms with Crippen LogP contribution in [0.15, 0.2) is 0 Å². The van der Waals surface area contributed by atoms with Gasteiger partial charge in [0.2, 0.25) is 0 Å². The Labute approximate surface area is 157 Å². The minimum Gasteiger partial charge on any atom is -0.393 e. The molecule has 8 atom stereocenters. The highest BCUT2D eigenvalue weighted by molar-refractivity contribution is 5.09. The molecule has 1 N–H and O–H groups in total. The van der Waals surface area contributed by atoms with Crippen LogP contribution in [0.5, 0.6) is 0 Å². The van der Waals surface area contributed by atoms with Gasteiger partial charge in [0.1, 0.15) is 0 Å². The van der Waals surface area contributed by atoms with Crippen LogP contribution in [0.4, 0.5) is 4.39 Å². The third-order valence-electron chi connectivity index (χ3n) is 9.31. The third kappa shape index (κ3) is 2.54. The van der Waals surface area contributed by atoms with Crippen LogP contribution in [0.3, 0.4) is 0 Å². The summed E-state index contributed by atoms with van der Waals surface area (Å²) in [5, 5.41) is 10.7. The molecule has 0 aromatic rings. The molecule has 1 aliphatic heterocycles. The van der Waals surface area contributed by atoms with E-state index < -0.39 is 0 Å². The quantitative estimate of drug-likeness (QED) is 0.791. The summed E-state index contributed by atoms with van der Waals surface area (Å²) in [5.74, 6) is 3.55.